The SMILES string of the molecule is CC(C)CCCCCNC(C)C(C)C. The maximum atomic E-state index is 3.57. The normalized spacial score (nSPS) is 13.9. The van der Waals surface area contributed by atoms with Gasteiger partial charge in [-0.3, -0.25) is 0 Å². The molecule has 0 aliphatic rings. The Labute approximate surface area is 90.7 Å². The van der Waals surface area contributed by atoms with E-state index in [1.807, 2.05) is 0 Å². The van der Waals surface area contributed by atoms with E-state index in [1.54, 1.807) is 0 Å². The number of nitrogens with one attached hydrogen (secondary N) is 1. The van der Waals surface area contributed by atoms with Crippen LogP contribution >= 0.6 is 0 Å². The third-order valence-electron chi connectivity index (χ3n) is 2.92. The number of rotatable bonds is 8. The van der Waals surface area contributed by atoms with Crippen molar-refractivity contribution in [3.63, 3.8) is 0 Å². The summed E-state index contributed by atoms with van der Waals surface area (Å²) in [7, 11) is 0. The highest BCUT2D eigenvalue weighted by Gasteiger charge is 2.04. The summed E-state index contributed by atoms with van der Waals surface area (Å²) in [6.45, 7) is 12.6. The standard InChI is InChI=1S/C13H29N/c1-11(2)9-7-6-8-10-14-13(5)12(3)4/h11-14H,6-10H2,1-5H3. The summed E-state index contributed by atoms with van der Waals surface area (Å²) in [5, 5.41) is 3.57. The maximum Gasteiger partial charge on any atom is 0.00617 e. The van der Waals surface area contributed by atoms with Crippen LogP contribution < -0.4 is 5.32 Å². The summed E-state index contributed by atoms with van der Waals surface area (Å²) in [6.07, 6.45) is 5.51. The molecule has 0 aromatic carbocycles. The van der Waals surface area contributed by atoms with Crippen molar-refractivity contribution >= 4 is 0 Å². The first-order valence-corrected chi connectivity index (χ1v) is 6.27. The molecule has 0 spiro atoms. The summed E-state index contributed by atoms with van der Waals surface area (Å²) < 4.78 is 0. The second kappa shape index (κ2) is 8.28. The molecule has 86 valence electrons. The molecule has 0 radical (unpaired) electrons. The number of hydrogen-bond donors (Lipinski definition) is 1. The Bertz CT molecular complexity index is 118. The Balaban J connectivity index is 3.13. The van der Waals surface area contributed by atoms with Crippen molar-refractivity contribution in [1.29, 1.82) is 0 Å². The second-order valence-corrected chi connectivity index (χ2v) is 5.23. The average Bonchev–Trinajstić information content (AvgIpc) is 2.09. The van der Waals surface area contributed by atoms with E-state index >= 15 is 0 Å². The van der Waals surface area contributed by atoms with Gasteiger partial charge in [0.2, 0.25) is 0 Å². The van der Waals surface area contributed by atoms with Crippen LogP contribution in [0.1, 0.15) is 60.3 Å². The number of hydrogen-bond acceptors (Lipinski definition) is 1. The van der Waals surface area contributed by atoms with Gasteiger partial charge in [0, 0.05) is 6.04 Å². The lowest BCUT2D eigenvalue weighted by Crippen LogP contribution is -2.31. The van der Waals surface area contributed by atoms with Crippen molar-refractivity contribution in [3.05, 3.63) is 0 Å². The van der Waals surface area contributed by atoms with E-state index in [-0.39, 0.29) is 0 Å². The van der Waals surface area contributed by atoms with Gasteiger partial charge in [-0.2, -0.15) is 0 Å². The van der Waals surface area contributed by atoms with Crippen molar-refractivity contribution < 1.29 is 0 Å². The highest BCUT2D eigenvalue weighted by atomic mass is 14.9. The molecule has 1 nitrogen and oxygen atoms in total. The third kappa shape index (κ3) is 8.55. The zero-order valence-corrected chi connectivity index (χ0v) is 10.8. The molecule has 0 aromatic rings. The van der Waals surface area contributed by atoms with Gasteiger partial charge in [0.15, 0.2) is 0 Å². The van der Waals surface area contributed by atoms with Crippen LogP contribution in [0, 0.1) is 11.8 Å². The largest absolute Gasteiger partial charge is 0.314 e. The average molecular weight is 199 g/mol. The van der Waals surface area contributed by atoms with Crippen molar-refractivity contribution in [2.24, 2.45) is 11.8 Å². The van der Waals surface area contributed by atoms with Crippen LogP contribution in [0.2, 0.25) is 0 Å². The molecule has 1 atom stereocenters. The summed E-state index contributed by atoms with van der Waals surface area (Å²) in [4.78, 5) is 0. The van der Waals surface area contributed by atoms with Gasteiger partial charge in [-0.05, 0) is 31.7 Å². The highest BCUT2D eigenvalue weighted by molar-refractivity contribution is 4.63. The summed E-state index contributed by atoms with van der Waals surface area (Å²) in [5.41, 5.74) is 0. The van der Waals surface area contributed by atoms with Gasteiger partial charge in [0.05, 0.1) is 0 Å². The van der Waals surface area contributed by atoms with E-state index < -0.39 is 0 Å². The molecule has 0 heterocycles. The molecule has 0 saturated carbocycles. The van der Waals surface area contributed by atoms with Crippen LogP contribution in [0.3, 0.4) is 0 Å². The fourth-order valence-electron chi connectivity index (χ4n) is 1.42. The van der Waals surface area contributed by atoms with Crippen LogP contribution in [0.15, 0.2) is 0 Å². The van der Waals surface area contributed by atoms with Crippen LogP contribution in [0.4, 0.5) is 0 Å². The van der Waals surface area contributed by atoms with Gasteiger partial charge in [-0.15, -0.1) is 0 Å². The van der Waals surface area contributed by atoms with Gasteiger partial charge in [0.25, 0.3) is 0 Å². The zero-order valence-electron chi connectivity index (χ0n) is 10.8. The summed E-state index contributed by atoms with van der Waals surface area (Å²) in [6, 6.07) is 0.667. The van der Waals surface area contributed by atoms with E-state index in [0.717, 1.165) is 11.8 Å². The first-order valence-electron chi connectivity index (χ1n) is 6.27. The van der Waals surface area contributed by atoms with Crippen LogP contribution in [0.25, 0.3) is 0 Å². The van der Waals surface area contributed by atoms with Crippen molar-refractivity contribution in [1.82, 2.24) is 5.32 Å². The fraction of sp³-hybridized carbons (Fsp3) is 1.00. The number of unbranched alkanes of at least 4 members (excludes halogenated alkanes) is 2. The predicted octanol–water partition coefficient (Wildman–Crippen LogP) is 3.84. The van der Waals surface area contributed by atoms with E-state index in [4.69, 9.17) is 0 Å². The van der Waals surface area contributed by atoms with Gasteiger partial charge in [-0.1, -0.05) is 47.0 Å². The topological polar surface area (TPSA) is 12.0 Å². The highest BCUT2D eigenvalue weighted by Crippen LogP contribution is 2.07. The minimum absolute atomic E-state index is 0.667. The molecule has 1 N–H and O–H groups in total. The maximum absolute atomic E-state index is 3.57. The minimum atomic E-state index is 0.667. The zero-order chi connectivity index (χ0) is 11.0. The Kier molecular flexibility index (Phi) is 8.26. The van der Waals surface area contributed by atoms with Gasteiger partial charge < -0.3 is 5.32 Å². The van der Waals surface area contributed by atoms with E-state index in [0.29, 0.717) is 6.04 Å². The Morgan fingerprint density at radius 3 is 2.00 bits per heavy atom. The van der Waals surface area contributed by atoms with Gasteiger partial charge in [0.1, 0.15) is 0 Å². The Morgan fingerprint density at radius 1 is 0.857 bits per heavy atom. The smallest absolute Gasteiger partial charge is 0.00617 e. The lowest BCUT2D eigenvalue weighted by molar-refractivity contribution is 0.416. The van der Waals surface area contributed by atoms with E-state index in [9.17, 15) is 0 Å². The summed E-state index contributed by atoms with van der Waals surface area (Å²) in [5.74, 6) is 1.63. The lowest BCUT2D eigenvalue weighted by atomic mass is 10.0. The van der Waals surface area contributed by atoms with E-state index in [2.05, 4.69) is 39.9 Å². The molecule has 0 bridgehead atoms. The fourth-order valence-corrected chi connectivity index (χ4v) is 1.42. The second-order valence-electron chi connectivity index (χ2n) is 5.23. The van der Waals surface area contributed by atoms with E-state index in [1.165, 1.54) is 32.2 Å². The molecule has 0 rings (SSSR count). The van der Waals surface area contributed by atoms with Gasteiger partial charge >= 0.3 is 0 Å². The van der Waals surface area contributed by atoms with Crippen LogP contribution in [-0.4, -0.2) is 12.6 Å². The molecule has 0 aliphatic carbocycles. The van der Waals surface area contributed by atoms with Crippen molar-refractivity contribution in [2.75, 3.05) is 6.54 Å². The lowest BCUT2D eigenvalue weighted by Gasteiger charge is -2.17. The molecular weight excluding hydrogens is 170 g/mol. The molecule has 0 amide bonds. The first-order chi connectivity index (χ1) is 6.54. The minimum Gasteiger partial charge on any atom is -0.314 e. The Hall–Kier alpha value is -0.0400. The van der Waals surface area contributed by atoms with Gasteiger partial charge in [-0.25, -0.2) is 0 Å². The predicted molar refractivity (Wildman–Crippen MR) is 65.6 cm³/mol. The van der Waals surface area contributed by atoms with Crippen molar-refractivity contribution in [3.8, 4) is 0 Å². The quantitative estimate of drug-likeness (QED) is 0.586. The molecule has 0 saturated heterocycles. The third-order valence-corrected chi connectivity index (χ3v) is 2.92. The molecule has 0 aromatic heterocycles. The van der Waals surface area contributed by atoms with Crippen LogP contribution in [0.5, 0.6) is 0 Å². The molecule has 1 unspecified atom stereocenters. The molecular formula is C13H29N. The molecule has 0 aliphatic heterocycles. The first kappa shape index (κ1) is 14.0. The summed E-state index contributed by atoms with van der Waals surface area (Å²) >= 11 is 0. The van der Waals surface area contributed by atoms with Crippen LogP contribution in [-0.2, 0) is 0 Å². The monoisotopic (exact) mass is 199 g/mol. The Morgan fingerprint density at radius 2 is 1.50 bits per heavy atom. The molecule has 14 heavy (non-hydrogen) atoms. The molecule has 0 fully saturated rings. The van der Waals surface area contributed by atoms with Crippen molar-refractivity contribution in [2.45, 2.75) is 66.3 Å². The molecule has 1 heteroatoms.